The van der Waals surface area contributed by atoms with Crippen molar-refractivity contribution >= 4 is 5.97 Å². The Morgan fingerprint density at radius 2 is 1.31 bits per heavy atom. The number of hydrogen-bond acceptors (Lipinski definition) is 2. The van der Waals surface area contributed by atoms with Crippen molar-refractivity contribution in [1.82, 2.24) is 0 Å². The summed E-state index contributed by atoms with van der Waals surface area (Å²) in [5.41, 5.74) is 2.52. The van der Waals surface area contributed by atoms with Gasteiger partial charge in [0.2, 0.25) is 0 Å². The van der Waals surface area contributed by atoms with E-state index in [2.05, 4.69) is 6.92 Å². The SMILES string of the molecule is CCCCCCCCCCCCCC(F)CCCCc1c(O)ccc(CCC(=O)O)c1CCC(C)F. The highest BCUT2D eigenvalue weighted by Gasteiger charge is 2.16. The number of aromatic hydroxyl groups is 1. The van der Waals surface area contributed by atoms with E-state index in [1.54, 1.807) is 12.1 Å². The smallest absolute Gasteiger partial charge is 0.303 e. The van der Waals surface area contributed by atoms with Gasteiger partial charge < -0.3 is 10.2 Å². The summed E-state index contributed by atoms with van der Waals surface area (Å²) in [6.45, 7) is 3.76. The first-order chi connectivity index (χ1) is 17.3. The minimum Gasteiger partial charge on any atom is -0.508 e. The molecule has 2 unspecified atom stereocenters. The van der Waals surface area contributed by atoms with Gasteiger partial charge in [0.25, 0.3) is 0 Å². The third-order valence-electron chi connectivity index (χ3n) is 7.22. The topological polar surface area (TPSA) is 57.5 Å². The zero-order chi connectivity index (χ0) is 26.6. The lowest BCUT2D eigenvalue weighted by molar-refractivity contribution is -0.136. The van der Waals surface area contributed by atoms with Crippen molar-refractivity contribution in [3.8, 4) is 5.75 Å². The first-order valence-electron chi connectivity index (χ1n) is 14.7. The number of unbranched alkanes of at least 4 members (excludes halogenated alkanes) is 11. The van der Waals surface area contributed by atoms with Crippen molar-refractivity contribution in [3.63, 3.8) is 0 Å². The highest BCUT2D eigenvalue weighted by Crippen LogP contribution is 2.29. The Morgan fingerprint density at radius 1 is 0.750 bits per heavy atom. The summed E-state index contributed by atoms with van der Waals surface area (Å²) in [6, 6.07) is 3.37. The Labute approximate surface area is 219 Å². The summed E-state index contributed by atoms with van der Waals surface area (Å²) in [5.74, 6) is -0.699. The summed E-state index contributed by atoms with van der Waals surface area (Å²) in [4.78, 5) is 11.0. The molecule has 0 aliphatic heterocycles. The van der Waals surface area contributed by atoms with E-state index >= 15 is 0 Å². The number of carboxylic acids is 1. The van der Waals surface area contributed by atoms with Gasteiger partial charge in [-0.3, -0.25) is 4.79 Å². The van der Waals surface area contributed by atoms with Gasteiger partial charge >= 0.3 is 5.97 Å². The van der Waals surface area contributed by atoms with E-state index in [4.69, 9.17) is 5.11 Å². The maximum Gasteiger partial charge on any atom is 0.303 e. The lowest BCUT2D eigenvalue weighted by atomic mass is 9.90. The van der Waals surface area contributed by atoms with Crippen molar-refractivity contribution < 1.29 is 23.8 Å². The van der Waals surface area contributed by atoms with E-state index < -0.39 is 18.3 Å². The van der Waals surface area contributed by atoms with Crippen molar-refractivity contribution in [2.45, 2.75) is 155 Å². The first kappa shape index (κ1) is 32.4. The third kappa shape index (κ3) is 15.5. The van der Waals surface area contributed by atoms with Crippen LogP contribution >= 0.6 is 0 Å². The molecule has 0 amide bonds. The van der Waals surface area contributed by atoms with Crippen LogP contribution in [0.15, 0.2) is 12.1 Å². The number of carboxylic acid groups (broad SMARTS) is 1. The number of halogens is 2. The summed E-state index contributed by atoms with van der Waals surface area (Å²) in [5, 5.41) is 19.5. The van der Waals surface area contributed by atoms with E-state index in [9.17, 15) is 18.7 Å². The number of alkyl halides is 2. The molecule has 0 saturated heterocycles. The zero-order valence-corrected chi connectivity index (χ0v) is 23.0. The van der Waals surface area contributed by atoms with Crippen molar-refractivity contribution in [3.05, 3.63) is 28.8 Å². The van der Waals surface area contributed by atoms with E-state index in [0.717, 1.165) is 42.4 Å². The van der Waals surface area contributed by atoms with Gasteiger partial charge in [-0.1, -0.05) is 90.0 Å². The average Bonchev–Trinajstić information content (AvgIpc) is 2.83. The Bertz CT molecular complexity index is 705. The molecule has 0 aliphatic carbocycles. The molecule has 1 aromatic rings. The summed E-state index contributed by atoms with van der Waals surface area (Å²) < 4.78 is 27.9. The van der Waals surface area contributed by atoms with E-state index in [-0.39, 0.29) is 12.2 Å². The molecule has 0 radical (unpaired) electrons. The van der Waals surface area contributed by atoms with Crippen LogP contribution in [0.2, 0.25) is 0 Å². The van der Waals surface area contributed by atoms with Gasteiger partial charge in [-0.05, 0) is 74.6 Å². The largest absolute Gasteiger partial charge is 0.508 e. The van der Waals surface area contributed by atoms with E-state index in [0.29, 0.717) is 38.5 Å². The highest BCUT2D eigenvalue weighted by molar-refractivity contribution is 5.67. The Morgan fingerprint density at radius 3 is 1.86 bits per heavy atom. The normalized spacial score (nSPS) is 13.1. The fourth-order valence-electron chi connectivity index (χ4n) is 4.98. The monoisotopic (exact) mass is 510 g/mol. The molecule has 208 valence electrons. The molecule has 0 saturated carbocycles. The second kappa shape index (κ2) is 20.4. The Balaban J connectivity index is 2.32. The van der Waals surface area contributed by atoms with Crippen LogP contribution < -0.4 is 0 Å². The van der Waals surface area contributed by atoms with Gasteiger partial charge in [0, 0.05) is 6.42 Å². The lowest BCUT2D eigenvalue weighted by Gasteiger charge is -2.17. The second-order valence-corrected chi connectivity index (χ2v) is 10.6. The molecule has 0 bridgehead atoms. The number of phenols is 1. The third-order valence-corrected chi connectivity index (χ3v) is 7.22. The fraction of sp³-hybridized carbons (Fsp3) is 0.774. The summed E-state index contributed by atoms with van der Waals surface area (Å²) >= 11 is 0. The Hall–Kier alpha value is -1.65. The van der Waals surface area contributed by atoms with Crippen LogP contribution in [0.1, 0.15) is 140 Å². The fourth-order valence-corrected chi connectivity index (χ4v) is 4.98. The van der Waals surface area contributed by atoms with Crippen molar-refractivity contribution in [2.24, 2.45) is 0 Å². The lowest BCUT2D eigenvalue weighted by Crippen LogP contribution is -2.07. The molecule has 1 aromatic carbocycles. The highest BCUT2D eigenvalue weighted by atomic mass is 19.1. The van der Waals surface area contributed by atoms with Gasteiger partial charge in [-0.25, -0.2) is 8.78 Å². The van der Waals surface area contributed by atoms with Crippen LogP contribution in [0, 0.1) is 0 Å². The maximum atomic E-state index is 14.4. The molecule has 36 heavy (non-hydrogen) atoms. The molecule has 0 heterocycles. The van der Waals surface area contributed by atoms with Crippen LogP contribution in [-0.4, -0.2) is 28.5 Å². The molecule has 0 fully saturated rings. The minimum absolute atomic E-state index is 0.00493. The predicted octanol–water partition coefficient (Wildman–Crippen LogP) is 9.45. The molecular formula is C31H52F2O3. The quantitative estimate of drug-likeness (QED) is 0.144. The number of hydrogen-bond donors (Lipinski definition) is 2. The van der Waals surface area contributed by atoms with E-state index in [1.807, 2.05) is 0 Å². The van der Waals surface area contributed by atoms with Crippen LogP contribution in [0.3, 0.4) is 0 Å². The maximum absolute atomic E-state index is 14.4. The second-order valence-electron chi connectivity index (χ2n) is 10.6. The van der Waals surface area contributed by atoms with Gasteiger partial charge in [-0.15, -0.1) is 0 Å². The van der Waals surface area contributed by atoms with Gasteiger partial charge in [-0.2, -0.15) is 0 Å². The van der Waals surface area contributed by atoms with Gasteiger partial charge in [0.1, 0.15) is 11.9 Å². The molecule has 0 aliphatic rings. The van der Waals surface area contributed by atoms with Crippen molar-refractivity contribution in [1.29, 1.82) is 0 Å². The predicted molar refractivity (Wildman–Crippen MR) is 146 cm³/mol. The molecule has 1 rings (SSSR count). The number of aryl methyl sites for hydroxylation is 1. The Kier molecular flexibility index (Phi) is 18.4. The van der Waals surface area contributed by atoms with Crippen LogP contribution in [0.4, 0.5) is 8.78 Å². The summed E-state index contributed by atoms with van der Waals surface area (Å²) in [7, 11) is 0. The zero-order valence-electron chi connectivity index (χ0n) is 23.0. The van der Waals surface area contributed by atoms with Crippen molar-refractivity contribution in [2.75, 3.05) is 0 Å². The molecule has 0 aromatic heterocycles. The molecular weight excluding hydrogens is 458 g/mol. The van der Waals surface area contributed by atoms with Crippen LogP contribution in [0.25, 0.3) is 0 Å². The average molecular weight is 511 g/mol. The number of rotatable bonds is 23. The van der Waals surface area contributed by atoms with Gasteiger partial charge in [0.15, 0.2) is 0 Å². The van der Waals surface area contributed by atoms with Gasteiger partial charge in [0.05, 0.1) is 6.17 Å². The molecule has 2 N–H and O–H groups in total. The molecule has 2 atom stereocenters. The number of phenolic OH excluding ortho intramolecular Hbond substituents is 1. The number of aliphatic carboxylic acids is 1. The number of benzene rings is 1. The first-order valence-corrected chi connectivity index (χ1v) is 14.7. The molecule has 5 heteroatoms. The minimum atomic E-state index is -0.963. The standard InChI is InChI=1S/C31H52F2O3/c1-3-4-5-6-7-8-9-10-11-12-13-16-27(33)17-14-15-18-29-28(22-19-25(2)32)26(20-23-30(29)34)21-24-31(35)36/h20,23,25,27,34H,3-19,21-22,24H2,1-2H3,(H,35,36). The molecule has 0 spiro atoms. The van der Waals surface area contributed by atoms with Crippen LogP contribution in [0.5, 0.6) is 5.75 Å². The summed E-state index contributed by atoms with van der Waals surface area (Å²) in [6.07, 6.45) is 16.6. The molecule has 3 nitrogen and oxygen atoms in total. The van der Waals surface area contributed by atoms with Crippen LogP contribution in [-0.2, 0) is 24.1 Å². The number of carbonyl (C=O) groups is 1. The van der Waals surface area contributed by atoms with E-state index in [1.165, 1.54) is 64.7 Å².